The molecule has 0 saturated heterocycles. The zero-order valence-electron chi connectivity index (χ0n) is 4.64. The number of nitrogens with zero attached hydrogens (tertiary/aromatic N) is 3. The molecule has 0 aliphatic carbocycles. The van der Waals surface area contributed by atoms with Crippen LogP contribution in [0, 0.1) is 0 Å². The summed E-state index contributed by atoms with van der Waals surface area (Å²) in [5.41, 5.74) is 0. The zero-order chi connectivity index (χ0) is 9.07. The van der Waals surface area contributed by atoms with Crippen molar-refractivity contribution >= 4 is 6.08 Å². The van der Waals surface area contributed by atoms with Crippen LogP contribution < -0.4 is 0 Å². The lowest BCUT2D eigenvalue weighted by molar-refractivity contribution is -0.414. The highest BCUT2D eigenvalue weighted by atomic mass is 19.4. The van der Waals surface area contributed by atoms with E-state index in [4.69, 9.17) is 0 Å². The molecule has 0 aromatic rings. The Hall–Kier alpha value is -1.05. The second kappa shape index (κ2) is 3.37. The molecule has 0 aromatic heterocycles. The lowest BCUT2D eigenvalue weighted by atomic mass is 10.8. The SMILES string of the molecule is O=C=NC(F)(N(F)F)N(F)F. The van der Waals surface area contributed by atoms with Gasteiger partial charge in [0.1, 0.15) is 10.7 Å². The molecule has 11 heavy (non-hydrogen) atoms. The van der Waals surface area contributed by atoms with Gasteiger partial charge >= 0.3 is 6.04 Å². The van der Waals surface area contributed by atoms with E-state index in [1.807, 2.05) is 0 Å². The molecule has 0 heterocycles. The van der Waals surface area contributed by atoms with Gasteiger partial charge < -0.3 is 0 Å². The van der Waals surface area contributed by atoms with Gasteiger partial charge in [0.25, 0.3) is 0 Å². The maximum Gasteiger partial charge on any atom is 0.437 e. The standard InChI is InChI=1S/C2F5N3O/c3-2(8-1-11,9(4)5)10(6)7. The van der Waals surface area contributed by atoms with Crippen LogP contribution >= 0.6 is 0 Å². The van der Waals surface area contributed by atoms with Crippen molar-refractivity contribution in [3.63, 3.8) is 0 Å². The normalized spacial score (nSPS) is 11.9. The van der Waals surface area contributed by atoms with Crippen molar-refractivity contribution in [2.24, 2.45) is 4.99 Å². The average Bonchev–Trinajstić information content (AvgIpc) is 1.87. The molecule has 0 aromatic carbocycles. The lowest BCUT2D eigenvalue weighted by Gasteiger charge is -2.16. The quantitative estimate of drug-likeness (QED) is 0.161. The predicted octanol–water partition coefficient (Wildman–Crippen LogP) is 1.05. The summed E-state index contributed by atoms with van der Waals surface area (Å²) in [7, 11) is 0. The first-order chi connectivity index (χ1) is 4.95. The van der Waals surface area contributed by atoms with Gasteiger partial charge in [-0.2, -0.15) is 4.39 Å². The molecule has 0 amide bonds. The molecule has 0 saturated carbocycles. The molecule has 0 atom stereocenters. The summed E-state index contributed by atoms with van der Waals surface area (Å²) in [5, 5.41) is -5.14. The second-order valence-corrected chi connectivity index (χ2v) is 1.22. The third-order valence-corrected chi connectivity index (χ3v) is 0.618. The van der Waals surface area contributed by atoms with Crippen LogP contribution in [0.3, 0.4) is 0 Å². The van der Waals surface area contributed by atoms with E-state index < -0.39 is 16.7 Å². The highest BCUT2D eigenvalue weighted by Gasteiger charge is 2.49. The van der Waals surface area contributed by atoms with Crippen LogP contribution in [0.25, 0.3) is 0 Å². The van der Waals surface area contributed by atoms with E-state index in [9.17, 15) is 27.1 Å². The summed E-state index contributed by atoms with van der Waals surface area (Å²) >= 11 is 0. The summed E-state index contributed by atoms with van der Waals surface area (Å²) in [6.07, 6.45) is 0.228. The number of hydrogen-bond acceptors (Lipinski definition) is 4. The number of alkyl halides is 1. The maximum absolute atomic E-state index is 12.0. The first-order valence-electron chi connectivity index (χ1n) is 1.96. The molecular weight excluding hydrogens is 177 g/mol. The van der Waals surface area contributed by atoms with E-state index in [0.717, 1.165) is 0 Å². The first kappa shape index (κ1) is 9.95. The Bertz CT molecular complexity index is 169. The Balaban J connectivity index is 4.66. The molecule has 9 heteroatoms. The Labute approximate surface area is 56.2 Å². The van der Waals surface area contributed by atoms with Crippen molar-refractivity contribution in [2.75, 3.05) is 0 Å². The first-order valence-corrected chi connectivity index (χ1v) is 1.96. The smallest absolute Gasteiger partial charge is 0.211 e. The molecule has 4 nitrogen and oxygen atoms in total. The van der Waals surface area contributed by atoms with Crippen LogP contribution in [-0.2, 0) is 4.79 Å². The van der Waals surface area contributed by atoms with Crippen LogP contribution in [-0.4, -0.2) is 22.8 Å². The second-order valence-electron chi connectivity index (χ2n) is 1.22. The summed E-state index contributed by atoms with van der Waals surface area (Å²) in [6, 6.07) is -4.75. The minimum absolute atomic E-state index is 0.228. The lowest BCUT2D eigenvalue weighted by Crippen LogP contribution is -2.42. The highest BCUT2D eigenvalue weighted by molar-refractivity contribution is 5.33. The van der Waals surface area contributed by atoms with Crippen LogP contribution in [0.4, 0.5) is 22.3 Å². The monoisotopic (exact) mass is 177 g/mol. The Morgan fingerprint density at radius 2 is 1.55 bits per heavy atom. The Kier molecular flexibility index (Phi) is 3.05. The molecule has 0 fully saturated rings. The molecule has 0 radical (unpaired) electrons. The number of hydrogen-bond donors (Lipinski definition) is 0. The van der Waals surface area contributed by atoms with Gasteiger partial charge in [0, 0.05) is 0 Å². The summed E-state index contributed by atoms with van der Waals surface area (Å²) in [4.78, 5) is 10.7. The summed E-state index contributed by atoms with van der Waals surface area (Å²) in [6.45, 7) is 0. The van der Waals surface area contributed by atoms with Gasteiger partial charge in [0.05, 0.1) is 0 Å². The van der Waals surface area contributed by atoms with E-state index in [1.54, 1.807) is 0 Å². The van der Waals surface area contributed by atoms with E-state index in [-0.39, 0.29) is 6.08 Å². The van der Waals surface area contributed by atoms with Crippen molar-refractivity contribution < 1.29 is 27.1 Å². The minimum atomic E-state index is -4.75. The van der Waals surface area contributed by atoms with Crippen molar-refractivity contribution in [3.05, 3.63) is 0 Å². The van der Waals surface area contributed by atoms with E-state index in [2.05, 4.69) is 0 Å². The topological polar surface area (TPSA) is 35.9 Å². The fourth-order valence-corrected chi connectivity index (χ4v) is 0.191. The fraction of sp³-hybridized carbons (Fsp3) is 0.500. The fourth-order valence-electron chi connectivity index (χ4n) is 0.191. The van der Waals surface area contributed by atoms with Gasteiger partial charge in [0.15, 0.2) is 0 Å². The third-order valence-electron chi connectivity index (χ3n) is 0.618. The summed E-state index contributed by atoms with van der Waals surface area (Å²) < 4.78 is 56.7. The van der Waals surface area contributed by atoms with Gasteiger partial charge in [-0.15, -0.1) is 4.99 Å². The number of aliphatic imine (C=N–C) groups is 1. The highest BCUT2D eigenvalue weighted by Crippen LogP contribution is 2.25. The molecule has 0 unspecified atom stereocenters. The van der Waals surface area contributed by atoms with Crippen LogP contribution in [0.5, 0.6) is 0 Å². The van der Waals surface area contributed by atoms with Gasteiger partial charge in [0.2, 0.25) is 6.08 Å². The van der Waals surface area contributed by atoms with Crippen molar-refractivity contribution in [1.82, 2.24) is 10.7 Å². The molecule has 0 rings (SSSR count). The Morgan fingerprint density at radius 3 is 1.64 bits per heavy atom. The number of halogens is 5. The van der Waals surface area contributed by atoms with E-state index in [0.29, 0.717) is 0 Å². The molecular formula is C2F5N3O. The maximum atomic E-state index is 12.0. The van der Waals surface area contributed by atoms with Gasteiger partial charge in [-0.05, 0) is 0 Å². The average molecular weight is 177 g/mol. The number of carbonyl (C=O) groups excluding carboxylic acids is 1. The van der Waals surface area contributed by atoms with Crippen molar-refractivity contribution in [1.29, 1.82) is 0 Å². The van der Waals surface area contributed by atoms with Crippen LogP contribution in [0.15, 0.2) is 4.99 Å². The molecule has 0 aliphatic heterocycles. The van der Waals surface area contributed by atoms with Crippen LogP contribution in [0.2, 0.25) is 0 Å². The zero-order valence-corrected chi connectivity index (χ0v) is 4.64. The van der Waals surface area contributed by atoms with E-state index >= 15 is 0 Å². The number of isocyanates is 1. The van der Waals surface area contributed by atoms with Gasteiger partial charge in [-0.3, -0.25) is 0 Å². The minimum Gasteiger partial charge on any atom is -0.211 e. The Morgan fingerprint density at radius 1 is 1.18 bits per heavy atom. The molecule has 0 N–H and O–H groups in total. The van der Waals surface area contributed by atoms with Crippen molar-refractivity contribution in [2.45, 2.75) is 6.04 Å². The largest absolute Gasteiger partial charge is 0.437 e. The van der Waals surface area contributed by atoms with Crippen molar-refractivity contribution in [3.8, 4) is 0 Å². The molecule has 64 valence electrons. The van der Waals surface area contributed by atoms with Crippen LogP contribution in [0.1, 0.15) is 0 Å². The summed E-state index contributed by atoms with van der Waals surface area (Å²) in [5.74, 6) is 0. The molecule has 0 bridgehead atoms. The van der Waals surface area contributed by atoms with Gasteiger partial charge in [-0.1, -0.05) is 17.9 Å². The predicted molar refractivity (Wildman–Crippen MR) is 20.1 cm³/mol. The third kappa shape index (κ3) is 1.93. The molecule has 0 aliphatic rings. The number of rotatable bonds is 3. The molecule has 0 spiro atoms. The van der Waals surface area contributed by atoms with E-state index in [1.165, 1.54) is 4.99 Å². The van der Waals surface area contributed by atoms with Gasteiger partial charge in [-0.25, -0.2) is 4.79 Å².